The molecule has 0 unspecified atom stereocenters. The number of aliphatic hydroxyl groups is 1. The van der Waals surface area contributed by atoms with E-state index in [2.05, 4.69) is 0 Å². The van der Waals surface area contributed by atoms with E-state index in [0.29, 0.717) is 6.42 Å². The third kappa shape index (κ3) is 3.01. The highest BCUT2D eigenvalue weighted by Crippen LogP contribution is 2.31. The van der Waals surface area contributed by atoms with E-state index in [0.717, 1.165) is 30.7 Å². The van der Waals surface area contributed by atoms with Gasteiger partial charge in [-0.05, 0) is 37.9 Å². The summed E-state index contributed by atoms with van der Waals surface area (Å²) < 4.78 is 14.0. The van der Waals surface area contributed by atoms with Gasteiger partial charge in [-0.2, -0.15) is 0 Å². The predicted molar refractivity (Wildman–Crippen MR) is 83.3 cm³/mol. The molecular weight excluding hydrogens is 299 g/mol. The van der Waals surface area contributed by atoms with Gasteiger partial charge >= 0.3 is 0 Å². The lowest BCUT2D eigenvalue weighted by atomic mass is 9.97. The van der Waals surface area contributed by atoms with E-state index < -0.39 is 11.9 Å². The molecule has 5 nitrogen and oxygen atoms in total. The van der Waals surface area contributed by atoms with Crippen LogP contribution in [0.2, 0.25) is 0 Å². The Labute approximate surface area is 134 Å². The number of anilines is 1. The number of piperidine rings is 1. The first-order chi connectivity index (χ1) is 11.1. The molecule has 1 N–H and O–H groups in total. The summed E-state index contributed by atoms with van der Waals surface area (Å²) in [4.78, 5) is 28.1. The largest absolute Gasteiger partial charge is 0.396 e. The monoisotopic (exact) mass is 320 g/mol. The second kappa shape index (κ2) is 6.76. The average Bonchev–Trinajstić information content (AvgIpc) is 2.84. The van der Waals surface area contributed by atoms with Crippen molar-refractivity contribution >= 4 is 17.5 Å². The van der Waals surface area contributed by atoms with Crippen LogP contribution in [0.25, 0.3) is 0 Å². The molecule has 2 aliphatic heterocycles. The van der Waals surface area contributed by atoms with E-state index in [4.69, 9.17) is 0 Å². The minimum absolute atomic E-state index is 0.0284. The second-order valence-electron chi connectivity index (χ2n) is 6.14. The average molecular weight is 320 g/mol. The number of benzene rings is 1. The zero-order chi connectivity index (χ0) is 16.4. The van der Waals surface area contributed by atoms with E-state index in [9.17, 15) is 19.1 Å². The Hall–Kier alpha value is -1.79. The van der Waals surface area contributed by atoms with Crippen LogP contribution in [0.1, 0.15) is 32.1 Å². The first kappa shape index (κ1) is 16.1. The Morgan fingerprint density at radius 3 is 2.74 bits per heavy atom. The number of amides is 2. The summed E-state index contributed by atoms with van der Waals surface area (Å²) in [7, 11) is 0. The molecule has 23 heavy (non-hydrogen) atoms. The highest BCUT2D eigenvalue weighted by molar-refractivity contribution is 6.22. The van der Waals surface area contributed by atoms with Gasteiger partial charge in [0.2, 0.25) is 5.91 Å². The highest BCUT2D eigenvalue weighted by Gasteiger charge is 2.45. The zero-order valence-corrected chi connectivity index (χ0v) is 12.9. The molecule has 2 fully saturated rings. The number of likely N-dealkylation sites (tertiary alicyclic amines) is 1. The van der Waals surface area contributed by atoms with Crippen LogP contribution in [0.3, 0.4) is 0 Å². The van der Waals surface area contributed by atoms with Crippen molar-refractivity contribution < 1.29 is 19.1 Å². The Morgan fingerprint density at radius 1 is 1.22 bits per heavy atom. The maximum absolute atomic E-state index is 14.0. The Balaban J connectivity index is 1.84. The van der Waals surface area contributed by atoms with Crippen molar-refractivity contribution in [2.45, 2.75) is 44.2 Å². The molecule has 2 aliphatic rings. The summed E-state index contributed by atoms with van der Waals surface area (Å²) in [6.07, 6.45) is 3.62. The number of hydrogen-bond acceptors (Lipinski definition) is 4. The SMILES string of the molecule is O=C1C[C@H](N2CCCC[C@H]2CCO)C(=O)N1c1ccccc1F. The first-order valence-corrected chi connectivity index (χ1v) is 8.11. The van der Waals surface area contributed by atoms with Crippen LogP contribution in [-0.4, -0.2) is 47.1 Å². The Morgan fingerprint density at radius 2 is 2.00 bits per heavy atom. The van der Waals surface area contributed by atoms with Gasteiger partial charge in [0.05, 0.1) is 18.2 Å². The lowest BCUT2D eigenvalue weighted by molar-refractivity contribution is -0.124. The summed E-state index contributed by atoms with van der Waals surface area (Å²) >= 11 is 0. The molecule has 1 aromatic rings. The van der Waals surface area contributed by atoms with E-state index in [-0.39, 0.29) is 36.6 Å². The molecule has 2 atom stereocenters. The number of carbonyl (C=O) groups excluding carboxylic acids is 2. The number of para-hydroxylation sites is 1. The van der Waals surface area contributed by atoms with Crippen LogP contribution >= 0.6 is 0 Å². The van der Waals surface area contributed by atoms with Crippen LogP contribution in [0.15, 0.2) is 24.3 Å². The molecule has 0 radical (unpaired) electrons. The molecule has 1 aromatic carbocycles. The van der Waals surface area contributed by atoms with Gasteiger partial charge in [0.1, 0.15) is 5.82 Å². The fraction of sp³-hybridized carbons (Fsp3) is 0.529. The van der Waals surface area contributed by atoms with Crippen molar-refractivity contribution in [3.05, 3.63) is 30.1 Å². The number of rotatable bonds is 4. The normalized spacial score (nSPS) is 26.1. The summed E-state index contributed by atoms with van der Waals surface area (Å²) in [6.45, 7) is 0.798. The molecule has 2 amide bonds. The number of carbonyl (C=O) groups is 2. The molecule has 0 aromatic heterocycles. The van der Waals surface area contributed by atoms with Gasteiger partial charge in [-0.25, -0.2) is 9.29 Å². The number of halogens is 1. The van der Waals surface area contributed by atoms with Crippen LogP contribution in [-0.2, 0) is 9.59 Å². The predicted octanol–water partition coefficient (Wildman–Crippen LogP) is 1.69. The number of aliphatic hydroxyl groups excluding tert-OH is 1. The standard InChI is InChI=1S/C17H21FN2O3/c18-13-6-1-2-7-14(13)20-16(22)11-15(17(20)23)19-9-4-3-5-12(19)8-10-21/h1-2,6-7,12,15,21H,3-5,8-11H2/t12-,15-/m0/s1. The van der Waals surface area contributed by atoms with Gasteiger partial charge in [-0.1, -0.05) is 18.6 Å². The Kier molecular flexibility index (Phi) is 4.73. The fourth-order valence-corrected chi connectivity index (χ4v) is 3.65. The van der Waals surface area contributed by atoms with Gasteiger partial charge in [-0.15, -0.1) is 0 Å². The van der Waals surface area contributed by atoms with Gasteiger partial charge in [0.25, 0.3) is 5.91 Å². The molecule has 124 valence electrons. The third-order valence-electron chi connectivity index (χ3n) is 4.75. The summed E-state index contributed by atoms with van der Waals surface area (Å²) in [5, 5.41) is 9.22. The molecular formula is C17H21FN2O3. The maximum Gasteiger partial charge on any atom is 0.251 e. The van der Waals surface area contributed by atoms with Crippen molar-refractivity contribution in [1.29, 1.82) is 0 Å². The van der Waals surface area contributed by atoms with Crippen molar-refractivity contribution in [2.75, 3.05) is 18.1 Å². The van der Waals surface area contributed by atoms with Gasteiger partial charge in [-0.3, -0.25) is 14.5 Å². The molecule has 2 heterocycles. The number of nitrogens with zero attached hydrogens (tertiary/aromatic N) is 2. The zero-order valence-electron chi connectivity index (χ0n) is 12.9. The van der Waals surface area contributed by atoms with Gasteiger partial charge < -0.3 is 5.11 Å². The maximum atomic E-state index is 14.0. The molecule has 2 saturated heterocycles. The number of hydrogen-bond donors (Lipinski definition) is 1. The minimum atomic E-state index is -0.569. The van der Waals surface area contributed by atoms with E-state index in [1.165, 1.54) is 18.2 Å². The fourth-order valence-electron chi connectivity index (χ4n) is 3.65. The smallest absolute Gasteiger partial charge is 0.251 e. The Bertz CT molecular complexity index is 605. The summed E-state index contributed by atoms with van der Waals surface area (Å²) in [6, 6.07) is 5.41. The molecule has 0 spiro atoms. The molecule has 0 aliphatic carbocycles. The van der Waals surface area contributed by atoms with Crippen LogP contribution in [0, 0.1) is 5.82 Å². The van der Waals surface area contributed by atoms with E-state index in [1.807, 2.05) is 4.90 Å². The summed E-state index contributed by atoms with van der Waals surface area (Å²) in [5.41, 5.74) is 0.0284. The third-order valence-corrected chi connectivity index (χ3v) is 4.75. The minimum Gasteiger partial charge on any atom is -0.396 e. The molecule has 6 heteroatoms. The quantitative estimate of drug-likeness (QED) is 0.858. The lowest BCUT2D eigenvalue weighted by Gasteiger charge is -2.38. The van der Waals surface area contributed by atoms with E-state index in [1.54, 1.807) is 6.07 Å². The first-order valence-electron chi connectivity index (χ1n) is 8.11. The van der Waals surface area contributed by atoms with Gasteiger partial charge in [0.15, 0.2) is 0 Å². The van der Waals surface area contributed by atoms with E-state index >= 15 is 0 Å². The van der Waals surface area contributed by atoms with Crippen LogP contribution in [0.5, 0.6) is 0 Å². The summed E-state index contributed by atoms with van der Waals surface area (Å²) in [5.74, 6) is -1.29. The molecule has 0 saturated carbocycles. The highest BCUT2D eigenvalue weighted by atomic mass is 19.1. The molecule has 0 bridgehead atoms. The topological polar surface area (TPSA) is 60.9 Å². The van der Waals surface area contributed by atoms with Crippen molar-refractivity contribution in [3.63, 3.8) is 0 Å². The van der Waals surface area contributed by atoms with Gasteiger partial charge in [0, 0.05) is 12.6 Å². The molecule has 3 rings (SSSR count). The van der Waals surface area contributed by atoms with Crippen LogP contribution < -0.4 is 4.90 Å². The van der Waals surface area contributed by atoms with Crippen molar-refractivity contribution in [2.24, 2.45) is 0 Å². The lowest BCUT2D eigenvalue weighted by Crippen LogP contribution is -2.50. The van der Waals surface area contributed by atoms with Crippen molar-refractivity contribution in [1.82, 2.24) is 4.90 Å². The van der Waals surface area contributed by atoms with Crippen molar-refractivity contribution in [3.8, 4) is 0 Å². The number of imide groups is 1. The van der Waals surface area contributed by atoms with Crippen LogP contribution in [0.4, 0.5) is 10.1 Å². The second-order valence-corrected chi connectivity index (χ2v) is 6.14.